The molecule has 2 amide bonds. The van der Waals surface area contributed by atoms with E-state index in [2.05, 4.69) is 35.8 Å². The van der Waals surface area contributed by atoms with Crippen molar-refractivity contribution < 1.29 is 14.3 Å². The second-order valence-corrected chi connectivity index (χ2v) is 11.7. The van der Waals surface area contributed by atoms with Gasteiger partial charge < -0.3 is 19.4 Å². The molecule has 12 heteroatoms. The van der Waals surface area contributed by atoms with Crippen LogP contribution in [0.4, 0.5) is 5.82 Å². The minimum Gasteiger partial charge on any atom is -0.494 e. The van der Waals surface area contributed by atoms with Gasteiger partial charge in [-0.05, 0) is 50.3 Å². The van der Waals surface area contributed by atoms with Crippen molar-refractivity contribution in [3.8, 4) is 5.75 Å². The first-order valence-corrected chi connectivity index (χ1v) is 15.4. The summed E-state index contributed by atoms with van der Waals surface area (Å²) < 4.78 is 7.56. The van der Waals surface area contributed by atoms with E-state index in [1.165, 1.54) is 0 Å². The number of halogens is 1. The van der Waals surface area contributed by atoms with E-state index in [0.29, 0.717) is 38.2 Å². The third-order valence-corrected chi connectivity index (χ3v) is 9.17. The van der Waals surface area contributed by atoms with Crippen LogP contribution in [-0.2, 0) is 16.1 Å². The molecule has 2 saturated heterocycles. The maximum absolute atomic E-state index is 13.5. The normalized spacial score (nSPS) is 21.5. The van der Waals surface area contributed by atoms with Crippen LogP contribution in [0.15, 0.2) is 36.8 Å². The molecule has 2 aromatic heterocycles. The van der Waals surface area contributed by atoms with E-state index in [9.17, 15) is 9.59 Å². The van der Waals surface area contributed by atoms with Gasteiger partial charge in [0.1, 0.15) is 17.9 Å². The quantitative estimate of drug-likeness (QED) is 0.403. The average Bonchev–Trinajstić information content (AvgIpc) is 3.44. The third-order valence-electron chi connectivity index (χ3n) is 9.17. The molecule has 3 fully saturated rings. The molecule has 232 valence electrons. The highest BCUT2D eigenvalue weighted by molar-refractivity contribution is 5.87. The zero-order valence-corrected chi connectivity index (χ0v) is 26.0. The molecule has 0 N–H and O–H groups in total. The van der Waals surface area contributed by atoms with Crippen LogP contribution in [0.25, 0.3) is 11.0 Å². The SMILES string of the molecule is CCOc1cccc(Cn2ncc3c(N4CCN(C(=O)[C@H]5CC[C@H](N6CCN(C(C)=O)CC6)CC5)CC4)ncnc32)c1.Cl. The fraction of sp³-hybridized carbons (Fsp3) is 0.581. The smallest absolute Gasteiger partial charge is 0.225 e. The van der Waals surface area contributed by atoms with E-state index in [0.717, 1.165) is 93.1 Å². The Kier molecular flexibility index (Phi) is 10.0. The van der Waals surface area contributed by atoms with Crippen LogP contribution in [0.3, 0.4) is 0 Å². The molecule has 0 atom stereocenters. The Morgan fingerprint density at radius 2 is 1.65 bits per heavy atom. The standard InChI is InChI=1S/C31H42N8O3.ClH/c1-3-42-27-6-4-5-24(19-27)21-39-30-28(20-34-39)29(32-22-33-30)37-15-17-38(18-16-37)31(41)25-7-9-26(10-8-25)36-13-11-35(12-14-36)23(2)40;/h4-6,19-20,22,25-26H,3,7-18,21H2,1-2H3;1H/t25-,26-;. The van der Waals surface area contributed by atoms with Crippen molar-refractivity contribution in [2.24, 2.45) is 5.92 Å². The van der Waals surface area contributed by atoms with Crippen LogP contribution in [0.2, 0.25) is 0 Å². The molecule has 3 aromatic rings. The van der Waals surface area contributed by atoms with Crippen LogP contribution in [-0.4, -0.2) is 111 Å². The Morgan fingerprint density at radius 1 is 0.930 bits per heavy atom. The topological polar surface area (TPSA) is 99.9 Å². The first kappa shape index (κ1) is 31.0. The van der Waals surface area contributed by atoms with Crippen molar-refractivity contribution in [3.63, 3.8) is 0 Å². The summed E-state index contributed by atoms with van der Waals surface area (Å²) >= 11 is 0. The summed E-state index contributed by atoms with van der Waals surface area (Å²) in [6.45, 7) is 11.3. The molecule has 0 spiro atoms. The van der Waals surface area contributed by atoms with E-state index in [-0.39, 0.29) is 24.2 Å². The van der Waals surface area contributed by atoms with Crippen molar-refractivity contribution >= 4 is 41.1 Å². The Labute approximate surface area is 259 Å². The molecule has 6 rings (SSSR count). The van der Waals surface area contributed by atoms with Crippen LogP contribution < -0.4 is 9.64 Å². The van der Waals surface area contributed by atoms with Gasteiger partial charge in [0.05, 0.1) is 24.7 Å². The molecular formula is C31H43ClN8O3. The van der Waals surface area contributed by atoms with E-state index in [4.69, 9.17) is 4.74 Å². The van der Waals surface area contributed by atoms with Gasteiger partial charge in [-0.15, -0.1) is 12.4 Å². The Morgan fingerprint density at radius 3 is 2.35 bits per heavy atom. The molecule has 43 heavy (non-hydrogen) atoms. The van der Waals surface area contributed by atoms with E-state index >= 15 is 0 Å². The number of anilines is 1. The lowest BCUT2D eigenvalue weighted by Gasteiger charge is -2.42. The molecule has 1 saturated carbocycles. The predicted molar refractivity (Wildman–Crippen MR) is 168 cm³/mol. The first-order valence-electron chi connectivity index (χ1n) is 15.4. The number of rotatable bonds is 7. The van der Waals surface area contributed by atoms with Crippen LogP contribution in [0.5, 0.6) is 5.75 Å². The Balaban J connectivity index is 0.00000368. The molecule has 1 aliphatic carbocycles. The summed E-state index contributed by atoms with van der Waals surface area (Å²) in [5, 5.41) is 5.57. The molecule has 0 radical (unpaired) electrons. The number of ether oxygens (including phenoxy) is 1. The number of hydrogen-bond acceptors (Lipinski definition) is 8. The van der Waals surface area contributed by atoms with Gasteiger partial charge in [0, 0.05) is 71.2 Å². The van der Waals surface area contributed by atoms with Crippen molar-refractivity contribution in [2.45, 2.75) is 52.1 Å². The molecule has 2 aliphatic heterocycles. The predicted octanol–water partition coefficient (Wildman–Crippen LogP) is 3.07. The number of carbonyl (C=O) groups is 2. The minimum absolute atomic E-state index is 0. The number of carbonyl (C=O) groups excluding carboxylic acids is 2. The van der Waals surface area contributed by atoms with Gasteiger partial charge in [0.15, 0.2) is 5.65 Å². The summed E-state index contributed by atoms with van der Waals surface area (Å²) in [5.74, 6) is 2.34. The summed E-state index contributed by atoms with van der Waals surface area (Å²) in [7, 11) is 0. The second-order valence-electron chi connectivity index (χ2n) is 11.7. The molecule has 4 heterocycles. The van der Waals surface area contributed by atoms with Crippen LogP contribution >= 0.6 is 12.4 Å². The molecular weight excluding hydrogens is 568 g/mol. The third kappa shape index (κ3) is 6.88. The Bertz CT molecular complexity index is 1390. The number of aromatic nitrogens is 4. The van der Waals surface area contributed by atoms with Crippen LogP contribution in [0, 0.1) is 5.92 Å². The van der Waals surface area contributed by atoms with Gasteiger partial charge in [0.25, 0.3) is 0 Å². The molecule has 0 unspecified atom stereocenters. The Hall–Kier alpha value is -3.44. The van der Waals surface area contributed by atoms with Crippen molar-refractivity contribution in [2.75, 3.05) is 63.9 Å². The molecule has 3 aliphatic rings. The van der Waals surface area contributed by atoms with Crippen LogP contribution in [0.1, 0.15) is 45.1 Å². The summed E-state index contributed by atoms with van der Waals surface area (Å²) in [6.07, 6.45) is 7.51. The molecule has 0 bridgehead atoms. The van der Waals surface area contributed by atoms with E-state index in [1.54, 1.807) is 13.3 Å². The van der Waals surface area contributed by atoms with Gasteiger partial charge in [-0.3, -0.25) is 14.5 Å². The zero-order valence-electron chi connectivity index (χ0n) is 25.2. The minimum atomic E-state index is 0. The lowest BCUT2D eigenvalue weighted by atomic mass is 9.84. The number of benzene rings is 1. The van der Waals surface area contributed by atoms with Gasteiger partial charge in [-0.25, -0.2) is 14.6 Å². The number of piperazine rings is 2. The number of fused-ring (bicyclic) bond motifs is 1. The maximum atomic E-state index is 13.5. The highest BCUT2D eigenvalue weighted by Gasteiger charge is 2.34. The monoisotopic (exact) mass is 610 g/mol. The zero-order chi connectivity index (χ0) is 29.1. The van der Waals surface area contributed by atoms with Gasteiger partial charge in [-0.1, -0.05) is 12.1 Å². The van der Waals surface area contributed by atoms with Gasteiger partial charge in [0.2, 0.25) is 11.8 Å². The number of nitrogens with zero attached hydrogens (tertiary/aromatic N) is 8. The fourth-order valence-electron chi connectivity index (χ4n) is 6.81. The van der Waals surface area contributed by atoms with E-state index in [1.807, 2.05) is 40.9 Å². The highest BCUT2D eigenvalue weighted by Crippen LogP contribution is 2.31. The number of hydrogen-bond donors (Lipinski definition) is 0. The largest absolute Gasteiger partial charge is 0.494 e. The fourth-order valence-corrected chi connectivity index (χ4v) is 6.81. The summed E-state index contributed by atoms with van der Waals surface area (Å²) in [6, 6.07) is 8.60. The second kappa shape index (κ2) is 13.9. The maximum Gasteiger partial charge on any atom is 0.225 e. The van der Waals surface area contributed by atoms with Crippen molar-refractivity contribution in [1.82, 2.24) is 34.4 Å². The van der Waals surface area contributed by atoms with Gasteiger partial charge >= 0.3 is 0 Å². The summed E-state index contributed by atoms with van der Waals surface area (Å²) in [5.41, 5.74) is 1.91. The van der Waals surface area contributed by atoms with Crippen molar-refractivity contribution in [3.05, 3.63) is 42.4 Å². The van der Waals surface area contributed by atoms with E-state index < -0.39 is 0 Å². The highest BCUT2D eigenvalue weighted by atomic mass is 35.5. The number of amides is 2. The van der Waals surface area contributed by atoms with Gasteiger partial charge in [-0.2, -0.15) is 5.10 Å². The lowest BCUT2D eigenvalue weighted by molar-refractivity contribution is -0.137. The molecule has 11 nitrogen and oxygen atoms in total. The average molecular weight is 611 g/mol. The lowest BCUT2D eigenvalue weighted by Crippen LogP contribution is -2.53. The van der Waals surface area contributed by atoms with Crippen molar-refractivity contribution in [1.29, 1.82) is 0 Å². The summed E-state index contributed by atoms with van der Waals surface area (Å²) in [4.78, 5) is 43.1. The first-order chi connectivity index (χ1) is 20.5. The molecule has 1 aromatic carbocycles.